The molecular weight excluding hydrogens is 438 g/mol. The Hall–Kier alpha value is -2.38. The van der Waals surface area contributed by atoms with Crippen molar-refractivity contribution in [3.63, 3.8) is 0 Å². The third-order valence-corrected chi connectivity index (χ3v) is 6.27. The maximum atomic E-state index is 13.4. The molecular formula is C21H20BrN3O2S. The van der Waals surface area contributed by atoms with Gasteiger partial charge in [0.2, 0.25) is 5.88 Å². The predicted octanol–water partition coefficient (Wildman–Crippen LogP) is 5.41. The molecule has 0 radical (unpaired) electrons. The van der Waals surface area contributed by atoms with Crippen molar-refractivity contribution in [1.29, 1.82) is 0 Å². The van der Waals surface area contributed by atoms with Gasteiger partial charge in [-0.15, -0.1) is 11.3 Å². The number of thiazole rings is 1. The highest BCUT2D eigenvalue weighted by molar-refractivity contribution is 9.10. The summed E-state index contributed by atoms with van der Waals surface area (Å²) in [6.07, 6.45) is 0. The second-order valence-corrected chi connectivity index (χ2v) is 8.83. The van der Waals surface area contributed by atoms with Crippen molar-refractivity contribution >= 4 is 44.5 Å². The molecule has 0 saturated heterocycles. The van der Waals surface area contributed by atoms with Gasteiger partial charge in [-0.1, -0.05) is 18.2 Å². The molecule has 0 N–H and O–H groups in total. The molecule has 144 valence electrons. The van der Waals surface area contributed by atoms with E-state index in [9.17, 15) is 4.79 Å². The first kappa shape index (κ1) is 19.0. The van der Waals surface area contributed by atoms with Crippen LogP contribution in [0.1, 0.15) is 20.2 Å². The second-order valence-electron chi connectivity index (χ2n) is 6.77. The molecule has 1 amide bonds. The van der Waals surface area contributed by atoms with Crippen LogP contribution in [-0.4, -0.2) is 31.0 Å². The Morgan fingerprint density at radius 3 is 2.68 bits per heavy atom. The molecule has 0 fully saturated rings. The number of nitrogens with zero attached hydrogens (tertiary/aromatic N) is 3. The van der Waals surface area contributed by atoms with E-state index < -0.39 is 0 Å². The number of amides is 1. The van der Waals surface area contributed by atoms with Crippen molar-refractivity contribution in [1.82, 2.24) is 4.98 Å². The van der Waals surface area contributed by atoms with E-state index in [0.29, 0.717) is 23.1 Å². The summed E-state index contributed by atoms with van der Waals surface area (Å²) in [5.41, 5.74) is 3.04. The molecule has 3 aromatic rings. The molecule has 0 saturated carbocycles. The number of carbonyl (C=O) groups is 1. The number of hydrogen-bond acceptors (Lipinski definition) is 5. The number of fused-ring (bicyclic) bond motifs is 1. The van der Waals surface area contributed by atoms with Gasteiger partial charge in [0.1, 0.15) is 5.75 Å². The molecule has 0 bridgehead atoms. The van der Waals surface area contributed by atoms with E-state index in [1.165, 1.54) is 11.3 Å². The lowest BCUT2D eigenvalue weighted by molar-refractivity contribution is 0.0988. The van der Waals surface area contributed by atoms with Gasteiger partial charge >= 0.3 is 0 Å². The van der Waals surface area contributed by atoms with Gasteiger partial charge in [0.05, 0.1) is 20.9 Å². The maximum Gasteiger partial charge on any atom is 0.274 e. The summed E-state index contributed by atoms with van der Waals surface area (Å²) in [7, 11) is 2.04. The zero-order valence-electron chi connectivity index (χ0n) is 15.9. The number of ether oxygens (including phenoxy) is 1. The Kier molecular flexibility index (Phi) is 5.12. The number of halogens is 1. The van der Waals surface area contributed by atoms with Gasteiger partial charge in [-0.3, -0.25) is 4.79 Å². The zero-order valence-corrected chi connectivity index (χ0v) is 18.3. The normalized spacial score (nSPS) is 13.4. The van der Waals surface area contributed by atoms with Crippen molar-refractivity contribution in [2.75, 3.05) is 29.9 Å². The lowest BCUT2D eigenvalue weighted by Crippen LogP contribution is -2.42. The van der Waals surface area contributed by atoms with E-state index in [0.717, 1.165) is 33.0 Å². The van der Waals surface area contributed by atoms with Crippen LogP contribution >= 0.6 is 27.3 Å². The monoisotopic (exact) mass is 457 g/mol. The number of benzene rings is 2. The van der Waals surface area contributed by atoms with E-state index in [1.807, 2.05) is 68.3 Å². The Morgan fingerprint density at radius 1 is 1.14 bits per heavy atom. The number of anilines is 2. The van der Waals surface area contributed by atoms with Crippen LogP contribution in [0, 0.1) is 13.8 Å². The molecule has 28 heavy (non-hydrogen) atoms. The molecule has 1 aromatic heterocycles. The minimum atomic E-state index is -0.0788. The van der Waals surface area contributed by atoms with Gasteiger partial charge in [-0.2, -0.15) is 0 Å². The molecule has 2 aromatic carbocycles. The largest absolute Gasteiger partial charge is 0.436 e. The summed E-state index contributed by atoms with van der Waals surface area (Å²) in [6.45, 7) is 5.29. The molecule has 0 aliphatic carbocycles. The maximum absolute atomic E-state index is 13.4. The number of carbonyl (C=O) groups excluding carboxylic acids is 1. The number of rotatable bonds is 3. The second kappa shape index (κ2) is 7.56. The van der Waals surface area contributed by atoms with Crippen molar-refractivity contribution in [2.24, 2.45) is 0 Å². The summed E-state index contributed by atoms with van der Waals surface area (Å²) < 4.78 is 6.88. The van der Waals surface area contributed by atoms with Gasteiger partial charge in [0.25, 0.3) is 5.91 Å². The van der Waals surface area contributed by atoms with Gasteiger partial charge in [-0.05, 0) is 59.6 Å². The van der Waals surface area contributed by atoms with Crippen LogP contribution in [0.2, 0.25) is 0 Å². The number of aromatic nitrogens is 1. The quantitative estimate of drug-likeness (QED) is 0.527. The zero-order chi connectivity index (χ0) is 19.8. The van der Waals surface area contributed by atoms with Crippen molar-refractivity contribution in [3.05, 3.63) is 62.4 Å². The Morgan fingerprint density at radius 2 is 1.89 bits per heavy atom. The molecule has 4 rings (SSSR count). The van der Waals surface area contributed by atoms with Crippen LogP contribution in [0.4, 0.5) is 11.4 Å². The first-order chi connectivity index (χ1) is 13.4. The van der Waals surface area contributed by atoms with Crippen LogP contribution in [0.3, 0.4) is 0 Å². The fraction of sp³-hybridized carbons (Fsp3) is 0.238. The van der Waals surface area contributed by atoms with Crippen LogP contribution in [0.25, 0.3) is 0 Å². The van der Waals surface area contributed by atoms with E-state index >= 15 is 0 Å². The Balaban J connectivity index is 1.70. The number of likely N-dealkylation sites (N-methyl/N-ethyl adjacent to an activating group) is 1. The van der Waals surface area contributed by atoms with Gasteiger partial charge in [0.15, 0.2) is 4.88 Å². The number of hydrogen-bond donors (Lipinski definition) is 0. The first-order valence-corrected chi connectivity index (χ1v) is 10.6. The van der Waals surface area contributed by atoms with Crippen LogP contribution in [-0.2, 0) is 0 Å². The van der Waals surface area contributed by atoms with E-state index in [1.54, 1.807) is 0 Å². The average Bonchev–Trinajstić information content (AvgIpc) is 3.05. The Labute approximate surface area is 176 Å². The highest BCUT2D eigenvalue weighted by Crippen LogP contribution is 2.38. The van der Waals surface area contributed by atoms with Crippen LogP contribution in [0.15, 0.2) is 46.9 Å². The third-order valence-electron chi connectivity index (χ3n) is 4.68. The predicted molar refractivity (Wildman–Crippen MR) is 117 cm³/mol. The molecule has 5 nitrogen and oxygen atoms in total. The van der Waals surface area contributed by atoms with Gasteiger partial charge in [-0.25, -0.2) is 4.98 Å². The lowest BCUT2D eigenvalue weighted by Gasteiger charge is -2.35. The molecule has 2 heterocycles. The van der Waals surface area contributed by atoms with E-state index in [4.69, 9.17) is 4.74 Å². The van der Waals surface area contributed by atoms with Crippen molar-refractivity contribution in [2.45, 2.75) is 13.8 Å². The summed E-state index contributed by atoms with van der Waals surface area (Å²) >= 11 is 4.88. The SMILES string of the molecule is Cc1ccc(Br)c(Oc2nc(C)sc2C(=O)N2CCN(C)c3ccccc32)c1. The molecule has 1 aliphatic heterocycles. The standard InChI is InChI=1S/C21H20BrN3O2S/c1-13-8-9-15(22)18(12-13)27-20-19(28-14(2)23-20)21(26)25-11-10-24(3)16-6-4-5-7-17(16)25/h4-9,12H,10-11H2,1-3H3. The van der Waals surface area contributed by atoms with E-state index in [2.05, 4.69) is 25.8 Å². The fourth-order valence-electron chi connectivity index (χ4n) is 3.24. The van der Waals surface area contributed by atoms with Gasteiger partial charge < -0.3 is 14.5 Å². The summed E-state index contributed by atoms with van der Waals surface area (Å²) in [6, 6.07) is 13.8. The molecule has 0 spiro atoms. The average molecular weight is 458 g/mol. The fourth-order valence-corrected chi connectivity index (χ4v) is 4.37. The molecule has 7 heteroatoms. The van der Waals surface area contributed by atoms with E-state index in [-0.39, 0.29) is 5.91 Å². The Bertz CT molecular complexity index is 1050. The third kappa shape index (κ3) is 3.52. The smallest absolute Gasteiger partial charge is 0.274 e. The minimum absolute atomic E-state index is 0.0788. The van der Waals surface area contributed by atoms with Gasteiger partial charge in [0, 0.05) is 20.1 Å². The topological polar surface area (TPSA) is 45.7 Å². The van der Waals surface area contributed by atoms with Crippen LogP contribution < -0.4 is 14.5 Å². The summed E-state index contributed by atoms with van der Waals surface area (Å²) in [5, 5.41) is 0.796. The summed E-state index contributed by atoms with van der Waals surface area (Å²) in [4.78, 5) is 22.4. The molecule has 1 aliphatic rings. The molecule has 0 atom stereocenters. The minimum Gasteiger partial charge on any atom is -0.436 e. The first-order valence-electron chi connectivity index (χ1n) is 8.97. The van der Waals surface area contributed by atoms with Crippen LogP contribution in [0.5, 0.6) is 11.6 Å². The summed E-state index contributed by atoms with van der Waals surface area (Å²) in [5.74, 6) is 0.929. The highest BCUT2D eigenvalue weighted by Gasteiger charge is 2.30. The van der Waals surface area contributed by atoms with Crippen molar-refractivity contribution in [3.8, 4) is 11.6 Å². The number of para-hydroxylation sites is 2. The highest BCUT2D eigenvalue weighted by atomic mass is 79.9. The van der Waals surface area contributed by atoms with Crippen molar-refractivity contribution < 1.29 is 9.53 Å². The molecule has 0 unspecified atom stereocenters. The number of aryl methyl sites for hydroxylation is 2. The lowest BCUT2D eigenvalue weighted by atomic mass is 10.1.